The number of hydrogen-bond acceptors (Lipinski definition) is 2. The van der Waals surface area contributed by atoms with Gasteiger partial charge in [-0.2, -0.15) is 0 Å². The highest BCUT2D eigenvalue weighted by atomic mass is 16.3. The molecule has 2 heteroatoms. The first-order chi connectivity index (χ1) is 26.3. The van der Waals surface area contributed by atoms with Gasteiger partial charge in [0.25, 0.3) is 0 Å². The first-order valence-electron chi connectivity index (χ1n) is 19.0. The molecule has 0 aliphatic heterocycles. The van der Waals surface area contributed by atoms with Gasteiger partial charge in [0.15, 0.2) is 0 Å². The lowest BCUT2D eigenvalue weighted by atomic mass is 9.82. The Labute approximate surface area is 315 Å². The normalized spacial score (nSPS) is 14.6. The van der Waals surface area contributed by atoms with Gasteiger partial charge in [0.2, 0.25) is 0 Å². The van der Waals surface area contributed by atoms with Crippen molar-refractivity contribution < 1.29 is 4.42 Å². The Morgan fingerprint density at radius 3 is 1.59 bits per heavy atom. The molecule has 11 rings (SSSR count). The maximum absolute atomic E-state index is 6.43. The molecule has 0 spiro atoms. The van der Waals surface area contributed by atoms with Crippen molar-refractivity contribution in [3.8, 4) is 33.4 Å². The molecule has 9 aromatic rings. The SMILES string of the molecule is CC1(C)c2ccccc2-c2ccc(N(c3ccc4c(c3)C(C)(C)c3ccccc3-4)c3ccccc3-c3cccc4ccc5oc6ccccc6c5c34)cc21. The van der Waals surface area contributed by atoms with Crippen molar-refractivity contribution in [3.63, 3.8) is 0 Å². The van der Waals surface area contributed by atoms with Crippen LogP contribution < -0.4 is 4.90 Å². The van der Waals surface area contributed by atoms with E-state index < -0.39 is 0 Å². The van der Waals surface area contributed by atoms with Crippen LogP contribution in [0.2, 0.25) is 0 Å². The van der Waals surface area contributed by atoms with Gasteiger partial charge in [-0.05, 0) is 97.9 Å². The molecule has 0 N–H and O–H groups in total. The van der Waals surface area contributed by atoms with Crippen LogP contribution in [0.5, 0.6) is 0 Å². The molecule has 1 heterocycles. The molecule has 2 aliphatic carbocycles. The fourth-order valence-corrected chi connectivity index (χ4v) is 9.80. The molecule has 0 saturated carbocycles. The lowest BCUT2D eigenvalue weighted by molar-refractivity contribution is 0.660. The second kappa shape index (κ2) is 11.1. The summed E-state index contributed by atoms with van der Waals surface area (Å²) in [5.74, 6) is 0. The van der Waals surface area contributed by atoms with Gasteiger partial charge < -0.3 is 9.32 Å². The zero-order chi connectivity index (χ0) is 36.3. The number of rotatable bonds is 4. The highest BCUT2D eigenvalue weighted by molar-refractivity contribution is 6.23. The quantitative estimate of drug-likeness (QED) is 0.182. The molecule has 0 saturated heterocycles. The predicted molar refractivity (Wildman–Crippen MR) is 226 cm³/mol. The molecular weight excluding hydrogens is 655 g/mol. The summed E-state index contributed by atoms with van der Waals surface area (Å²) in [6.45, 7) is 9.47. The molecule has 2 aliphatic rings. The third-order valence-corrected chi connectivity index (χ3v) is 12.5. The second-order valence-corrected chi connectivity index (χ2v) is 16.1. The van der Waals surface area contributed by atoms with Crippen LogP contribution in [0.15, 0.2) is 168 Å². The van der Waals surface area contributed by atoms with Gasteiger partial charge in [0.05, 0.1) is 5.69 Å². The van der Waals surface area contributed by atoms with Crippen molar-refractivity contribution in [2.75, 3.05) is 4.90 Å². The second-order valence-electron chi connectivity index (χ2n) is 16.1. The summed E-state index contributed by atoms with van der Waals surface area (Å²) >= 11 is 0. The zero-order valence-electron chi connectivity index (χ0n) is 30.9. The van der Waals surface area contributed by atoms with Gasteiger partial charge in [0.1, 0.15) is 11.2 Å². The van der Waals surface area contributed by atoms with Crippen molar-refractivity contribution in [1.82, 2.24) is 0 Å². The standard InChI is InChI=1S/C52H39NO/c1-51(2)42-20-9-5-15-35(42)37-27-25-33(30-44(37)51)53(34-26-28-38-36-16-6-10-21-43(36)52(3,4)45(38)31-34)46-22-11-7-17-39(46)40-19-13-14-32-24-29-48-50(49(32)40)41-18-8-12-23-47(41)54-48/h5-31H,1-4H3. The van der Waals surface area contributed by atoms with E-state index in [4.69, 9.17) is 4.42 Å². The Morgan fingerprint density at radius 1 is 0.389 bits per heavy atom. The summed E-state index contributed by atoms with van der Waals surface area (Å²) in [4.78, 5) is 2.50. The molecule has 258 valence electrons. The van der Waals surface area contributed by atoms with E-state index >= 15 is 0 Å². The first kappa shape index (κ1) is 31.2. The van der Waals surface area contributed by atoms with Gasteiger partial charge in [-0.1, -0.05) is 149 Å². The van der Waals surface area contributed by atoms with E-state index in [2.05, 4.69) is 190 Å². The van der Waals surface area contributed by atoms with Crippen LogP contribution in [0.3, 0.4) is 0 Å². The van der Waals surface area contributed by atoms with Gasteiger partial charge in [-0.15, -0.1) is 0 Å². The van der Waals surface area contributed by atoms with Crippen LogP contribution in [0.4, 0.5) is 17.1 Å². The number of anilines is 3. The fraction of sp³-hybridized carbons (Fsp3) is 0.115. The summed E-state index contributed by atoms with van der Waals surface area (Å²) in [5, 5.41) is 4.71. The molecule has 2 nitrogen and oxygen atoms in total. The number of nitrogens with zero attached hydrogens (tertiary/aromatic N) is 1. The molecule has 1 aromatic heterocycles. The Kier molecular flexibility index (Phi) is 6.39. The summed E-state index contributed by atoms with van der Waals surface area (Å²) < 4.78 is 6.43. The summed E-state index contributed by atoms with van der Waals surface area (Å²) in [7, 11) is 0. The van der Waals surface area contributed by atoms with E-state index in [1.54, 1.807) is 0 Å². The summed E-state index contributed by atoms with van der Waals surface area (Å²) in [6, 6.07) is 60.4. The van der Waals surface area contributed by atoms with Crippen LogP contribution in [-0.4, -0.2) is 0 Å². The molecule has 8 aromatic carbocycles. The molecule has 54 heavy (non-hydrogen) atoms. The van der Waals surface area contributed by atoms with E-state index in [1.807, 2.05) is 6.07 Å². The summed E-state index contributed by atoms with van der Waals surface area (Å²) in [5.41, 5.74) is 18.1. The molecular formula is C52H39NO. The number of benzene rings is 8. The number of hydrogen-bond donors (Lipinski definition) is 0. The minimum atomic E-state index is -0.127. The Bertz CT molecular complexity index is 2910. The van der Waals surface area contributed by atoms with Crippen LogP contribution >= 0.6 is 0 Å². The minimum Gasteiger partial charge on any atom is -0.456 e. The number of fused-ring (bicyclic) bond motifs is 11. The number of para-hydroxylation sites is 2. The zero-order valence-corrected chi connectivity index (χ0v) is 30.9. The van der Waals surface area contributed by atoms with Crippen LogP contribution in [0.1, 0.15) is 49.9 Å². The molecule has 0 radical (unpaired) electrons. The van der Waals surface area contributed by atoms with Gasteiger partial charge in [0, 0.05) is 43.9 Å². The predicted octanol–water partition coefficient (Wildman–Crippen LogP) is 14.5. The third kappa shape index (κ3) is 4.23. The average Bonchev–Trinajstić information content (AvgIpc) is 3.78. The van der Waals surface area contributed by atoms with Crippen LogP contribution in [0.25, 0.3) is 66.1 Å². The Balaban J connectivity index is 1.19. The molecule has 0 fully saturated rings. The fourth-order valence-electron chi connectivity index (χ4n) is 9.80. The smallest absolute Gasteiger partial charge is 0.136 e. The van der Waals surface area contributed by atoms with E-state index in [-0.39, 0.29) is 10.8 Å². The van der Waals surface area contributed by atoms with E-state index in [0.29, 0.717) is 0 Å². The number of furan rings is 1. The molecule has 0 bridgehead atoms. The van der Waals surface area contributed by atoms with Crippen molar-refractivity contribution in [2.45, 2.75) is 38.5 Å². The Morgan fingerprint density at radius 2 is 0.926 bits per heavy atom. The minimum absolute atomic E-state index is 0.127. The average molecular weight is 694 g/mol. The summed E-state index contributed by atoms with van der Waals surface area (Å²) in [6.07, 6.45) is 0. The van der Waals surface area contributed by atoms with Crippen LogP contribution in [-0.2, 0) is 10.8 Å². The van der Waals surface area contributed by atoms with Gasteiger partial charge in [-0.3, -0.25) is 0 Å². The van der Waals surface area contributed by atoms with Crippen molar-refractivity contribution in [1.29, 1.82) is 0 Å². The monoisotopic (exact) mass is 693 g/mol. The molecule has 0 amide bonds. The lowest BCUT2D eigenvalue weighted by Gasteiger charge is -2.31. The third-order valence-electron chi connectivity index (χ3n) is 12.5. The van der Waals surface area contributed by atoms with E-state index in [1.165, 1.54) is 66.4 Å². The highest BCUT2D eigenvalue weighted by Gasteiger charge is 2.38. The maximum atomic E-state index is 6.43. The maximum Gasteiger partial charge on any atom is 0.136 e. The van der Waals surface area contributed by atoms with Crippen LogP contribution in [0, 0.1) is 0 Å². The van der Waals surface area contributed by atoms with E-state index in [9.17, 15) is 0 Å². The highest BCUT2D eigenvalue weighted by Crippen LogP contribution is 2.54. The largest absolute Gasteiger partial charge is 0.456 e. The van der Waals surface area contributed by atoms with Crippen molar-refractivity contribution in [2.24, 2.45) is 0 Å². The lowest BCUT2D eigenvalue weighted by Crippen LogP contribution is -2.18. The van der Waals surface area contributed by atoms with Crippen molar-refractivity contribution in [3.05, 3.63) is 186 Å². The van der Waals surface area contributed by atoms with Gasteiger partial charge in [-0.25, -0.2) is 0 Å². The topological polar surface area (TPSA) is 16.4 Å². The van der Waals surface area contributed by atoms with Crippen molar-refractivity contribution >= 4 is 49.8 Å². The molecule has 0 atom stereocenters. The van der Waals surface area contributed by atoms with E-state index in [0.717, 1.165) is 39.0 Å². The first-order valence-corrected chi connectivity index (χ1v) is 19.0. The molecule has 0 unspecified atom stereocenters. The van der Waals surface area contributed by atoms with Gasteiger partial charge >= 0.3 is 0 Å². The Hall–Kier alpha value is -6.38.